The molecule has 0 aliphatic carbocycles. The van der Waals surface area contributed by atoms with Crippen LogP contribution in [0.4, 0.5) is 5.82 Å². The van der Waals surface area contributed by atoms with Gasteiger partial charge in [-0.2, -0.15) is 0 Å². The first-order valence-corrected chi connectivity index (χ1v) is 6.57. The van der Waals surface area contributed by atoms with Crippen molar-refractivity contribution in [2.45, 2.75) is 26.3 Å². The number of ether oxygens (including phenoxy) is 1. The van der Waals surface area contributed by atoms with Gasteiger partial charge in [-0.15, -0.1) is 0 Å². The quantitative estimate of drug-likeness (QED) is 0.764. The van der Waals surface area contributed by atoms with E-state index in [0.29, 0.717) is 18.2 Å². The Balaban J connectivity index is 2.50. The number of pyridine rings is 1. The normalized spacial score (nSPS) is 12.3. The van der Waals surface area contributed by atoms with Gasteiger partial charge in [0.1, 0.15) is 5.82 Å². The molecule has 1 unspecified atom stereocenters. The standard InChI is InChI=1S/C14H23N3O2/c1-5-19-14(18)12-6-7-13(15-10-12)16-11(2)8-9-17(3)4/h6-7,10-11H,5,8-9H2,1-4H3,(H,15,16). The number of aromatic nitrogens is 1. The first-order chi connectivity index (χ1) is 9.02. The Bertz CT molecular complexity index is 390. The Morgan fingerprint density at radius 1 is 1.47 bits per heavy atom. The summed E-state index contributed by atoms with van der Waals surface area (Å²) in [5, 5.41) is 3.31. The summed E-state index contributed by atoms with van der Waals surface area (Å²) in [5.74, 6) is 0.446. The third kappa shape index (κ3) is 5.70. The third-order valence-corrected chi connectivity index (χ3v) is 2.68. The number of esters is 1. The largest absolute Gasteiger partial charge is 0.462 e. The van der Waals surface area contributed by atoms with E-state index in [0.717, 1.165) is 18.8 Å². The number of anilines is 1. The molecule has 0 aromatic carbocycles. The lowest BCUT2D eigenvalue weighted by atomic mass is 10.2. The fourth-order valence-electron chi connectivity index (χ4n) is 1.59. The predicted molar refractivity (Wildman–Crippen MR) is 76.4 cm³/mol. The topological polar surface area (TPSA) is 54.5 Å². The van der Waals surface area contributed by atoms with Crippen LogP contribution in [-0.2, 0) is 4.74 Å². The molecule has 1 atom stereocenters. The molecule has 19 heavy (non-hydrogen) atoms. The molecule has 0 fully saturated rings. The zero-order chi connectivity index (χ0) is 14.3. The fraction of sp³-hybridized carbons (Fsp3) is 0.571. The highest BCUT2D eigenvalue weighted by atomic mass is 16.5. The van der Waals surface area contributed by atoms with E-state index in [1.54, 1.807) is 25.3 Å². The summed E-state index contributed by atoms with van der Waals surface area (Å²) in [5.41, 5.74) is 0.480. The van der Waals surface area contributed by atoms with Crippen molar-refractivity contribution in [2.24, 2.45) is 0 Å². The lowest BCUT2D eigenvalue weighted by Gasteiger charge is -2.17. The van der Waals surface area contributed by atoms with Gasteiger partial charge in [-0.1, -0.05) is 0 Å². The van der Waals surface area contributed by atoms with E-state index >= 15 is 0 Å². The van der Waals surface area contributed by atoms with Gasteiger partial charge in [-0.25, -0.2) is 9.78 Å². The van der Waals surface area contributed by atoms with Crippen LogP contribution >= 0.6 is 0 Å². The predicted octanol–water partition coefficient (Wildman–Crippen LogP) is 2.01. The molecule has 0 bridgehead atoms. The Morgan fingerprint density at radius 2 is 2.21 bits per heavy atom. The van der Waals surface area contributed by atoms with Crippen molar-refractivity contribution in [3.8, 4) is 0 Å². The van der Waals surface area contributed by atoms with E-state index in [9.17, 15) is 4.79 Å². The van der Waals surface area contributed by atoms with Crippen molar-refractivity contribution in [2.75, 3.05) is 32.6 Å². The van der Waals surface area contributed by atoms with Crippen molar-refractivity contribution >= 4 is 11.8 Å². The maximum Gasteiger partial charge on any atom is 0.339 e. The molecule has 0 aliphatic heterocycles. The van der Waals surface area contributed by atoms with E-state index in [-0.39, 0.29) is 5.97 Å². The van der Waals surface area contributed by atoms with E-state index in [1.165, 1.54) is 0 Å². The Labute approximate surface area is 115 Å². The van der Waals surface area contributed by atoms with E-state index in [4.69, 9.17) is 4.74 Å². The molecule has 0 saturated carbocycles. The first-order valence-electron chi connectivity index (χ1n) is 6.57. The molecular formula is C14H23N3O2. The second-order valence-electron chi connectivity index (χ2n) is 4.79. The lowest BCUT2D eigenvalue weighted by molar-refractivity contribution is 0.0526. The third-order valence-electron chi connectivity index (χ3n) is 2.68. The SMILES string of the molecule is CCOC(=O)c1ccc(NC(C)CCN(C)C)nc1. The first kappa shape index (κ1) is 15.4. The highest BCUT2D eigenvalue weighted by Crippen LogP contribution is 2.09. The van der Waals surface area contributed by atoms with Gasteiger partial charge in [0.05, 0.1) is 12.2 Å². The summed E-state index contributed by atoms with van der Waals surface area (Å²) in [4.78, 5) is 17.8. The van der Waals surface area contributed by atoms with Gasteiger partial charge in [0.15, 0.2) is 0 Å². The van der Waals surface area contributed by atoms with Gasteiger partial charge in [-0.3, -0.25) is 0 Å². The minimum Gasteiger partial charge on any atom is -0.462 e. The molecular weight excluding hydrogens is 242 g/mol. The number of hydrogen-bond donors (Lipinski definition) is 1. The summed E-state index contributed by atoms with van der Waals surface area (Å²) >= 11 is 0. The number of carbonyl (C=O) groups is 1. The monoisotopic (exact) mass is 265 g/mol. The van der Waals surface area contributed by atoms with Crippen LogP contribution in [-0.4, -0.2) is 49.1 Å². The number of nitrogens with zero attached hydrogens (tertiary/aromatic N) is 2. The Hall–Kier alpha value is -1.62. The van der Waals surface area contributed by atoms with Crippen LogP contribution in [0.1, 0.15) is 30.6 Å². The van der Waals surface area contributed by atoms with Gasteiger partial charge in [0, 0.05) is 12.2 Å². The molecule has 106 valence electrons. The van der Waals surface area contributed by atoms with Gasteiger partial charge in [-0.05, 0) is 53.0 Å². The summed E-state index contributed by atoms with van der Waals surface area (Å²) in [6, 6.07) is 3.87. The highest BCUT2D eigenvalue weighted by molar-refractivity contribution is 5.89. The number of hydrogen-bond acceptors (Lipinski definition) is 5. The van der Waals surface area contributed by atoms with Gasteiger partial charge >= 0.3 is 5.97 Å². The molecule has 0 saturated heterocycles. The molecule has 0 aliphatic rings. The van der Waals surface area contributed by atoms with Crippen LogP contribution in [0, 0.1) is 0 Å². The molecule has 5 nitrogen and oxygen atoms in total. The van der Waals surface area contributed by atoms with E-state index in [2.05, 4.69) is 36.2 Å². The molecule has 5 heteroatoms. The summed E-state index contributed by atoms with van der Waals surface area (Å²) < 4.78 is 4.91. The Kier molecular flexibility index (Phi) is 6.29. The zero-order valence-corrected chi connectivity index (χ0v) is 12.1. The molecule has 1 aromatic heterocycles. The summed E-state index contributed by atoms with van der Waals surface area (Å²) in [6.07, 6.45) is 2.58. The average molecular weight is 265 g/mol. The molecule has 1 N–H and O–H groups in total. The molecule has 1 rings (SSSR count). The van der Waals surface area contributed by atoms with Gasteiger partial charge in [0.2, 0.25) is 0 Å². The van der Waals surface area contributed by atoms with Crippen molar-refractivity contribution < 1.29 is 9.53 Å². The maximum absolute atomic E-state index is 11.5. The molecule has 0 spiro atoms. The minimum absolute atomic E-state index is 0.331. The summed E-state index contributed by atoms with van der Waals surface area (Å²) in [6.45, 7) is 5.30. The summed E-state index contributed by atoms with van der Waals surface area (Å²) in [7, 11) is 4.11. The lowest BCUT2D eigenvalue weighted by Crippen LogP contribution is -2.23. The second kappa shape index (κ2) is 7.74. The Morgan fingerprint density at radius 3 is 2.74 bits per heavy atom. The van der Waals surface area contributed by atoms with Crippen LogP contribution in [0.15, 0.2) is 18.3 Å². The van der Waals surface area contributed by atoms with Crippen LogP contribution in [0.2, 0.25) is 0 Å². The zero-order valence-electron chi connectivity index (χ0n) is 12.1. The van der Waals surface area contributed by atoms with Gasteiger partial charge in [0.25, 0.3) is 0 Å². The van der Waals surface area contributed by atoms with E-state index < -0.39 is 0 Å². The molecule has 0 radical (unpaired) electrons. The van der Waals surface area contributed by atoms with Crippen LogP contribution in [0.25, 0.3) is 0 Å². The fourth-order valence-corrected chi connectivity index (χ4v) is 1.59. The van der Waals surface area contributed by atoms with Gasteiger partial charge < -0.3 is 15.0 Å². The van der Waals surface area contributed by atoms with Crippen molar-refractivity contribution in [3.63, 3.8) is 0 Å². The number of rotatable bonds is 7. The van der Waals surface area contributed by atoms with Crippen LogP contribution in [0.5, 0.6) is 0 Å². The average Bonchev–Trinajstić information content (AvgIpc) is 2.37. The van der Waals surface area contributed by atoms with Crippen molar-refractivity contribution in [1.82, 2.24) is 9.88 Å². The maximum atomic E-state index is 11.5. The van der Waals surface area contributed by atoms with E-state index in [1.807, 2.05) is 0 Å². The molecule has 1 aromatic rings. The number of carbonyl (C=O) groups excluding carboxylic acids is 1. The second-order valence-corrected chi connectivity index (χ2v) is 4.79. The van der Waals surface area contributed by atoms with Crippen LogP contribution in [0.3, 0.4) is 0 Å². The number of nitrogens with one attached hydrogen (secondary N) is 1. The highest BCUT2D eigenvalue weighted by Gasteiger charge is 2.08. The molecule has 1 heterocycles. The minimum atomic E-state index is -0.331. The van der Waals surface area contributed by atoms with Crippen molar-refractivity contribution in [3.05, 3.63) is 23.9 Å². The molecule has 0 amide bonds. The van der Waals surface area contributed by atoms with Crippen LogP contribution < -0.4 is 5.32 Å². The smallest absolute Gasteiger partial charge is 0.339 e. The van der Waals surface area contributed by atoms with Crippen molar-refractivity contribution in [1.29, 1.82) is 0 Å².